The maximum Gasteiger partial charge on any atom is 0.0468 e. The lowest BCUT2D eigenvalue weighted by Gasteiger charge is -2.26. The Kier molecular flexibility index (Phi) is 23.7. The third kappa shape index (κ3) is 17.8. The van der Waals surface area contributed by atoms with E-state index in [1.54, 1.807) is 0 Å². The lowest BCUT2D eigenvalue weighted by molar-refractivity contribution is 1.29. The average molecular weight is 1770 g/mol. The lowest BCUT2D eigenvalue weighted by Crippen LogP contribution is -2.10. The average Bonchev–Trinajstić information content (AvgIpc) is 0.775. The van der Waals surface area contributed by atoms with E-state index in [1.807, 2.05) is 0 Å². The third-order valence-corrected chi connectivity index (χ3v) is 27.0. The first-order chi connectivity index (χ1) is 68.9. The molecule has 0 fully saturated rings. The Labute approximate surface area is 811 Å². The van der Waals surface area contributed by atoms with Crippen molar-refractivity contribution in [3.63, 3.8) is 0 Å². The zero-order chi connectivity index (χ0) is 92.6. The van der Waals surface area contributed by atoms with Crippen LogP contribution in [0.15, 0.2) is 576 Å². The largest absolute Gasteiger partial charge is 0.310 e. The molecule has 0 radical (unpaired) electrons. The van der Waals surface area contributed by atoms with Crippen molar-refractivity contribution in [1.82, 2.24) is 0 Å². The minimum absolute atomic E-state index is 1.11. The Morgan fingerprint density at radius 2 is 0.259 bits per heavy atom. The highest BCUT2D eigenvalue weighted by atomic mass is 15.2. The standard InChI is InChI=1S/C48H33N.2C44H31N/c1-2-11-34(12-3-1)43-17-8-9-18-45(43)37-23-28-40(29-24-37)49(42-32-27-39-22-21-36-14-5-7-19-47(36)48(39)33-42)41-30-25-38(26-31-41)46-20-10-15-35-13-4-6-16-44(35)46;1-3-11-32(12-4-1)33-21-26-38(27-22-33)45(40-30-25-37-20-19-35-15-7-8-18-43(35)44(37)31-40)39-28-23-36(24-29-39)42-17-10-9-16-41(42)34-13-5-2-6-14-34;1-3-10-32(11-4-1)34-20-25-40(26-21-34)45(42-29-24-37-19-18-36-14-7-8-17-43(36)44(37)31-42)41-27-22-35(23-28-41)39-16-9-15-38(30-39)33-12-5-2-6-13-33/h1-33H;2*1-31H. The van der Waals surface area contributed by atoms with Gasteiger partial charge >= 0.3 is 0 Å². The van der Waals surface area contributed by atoms with Gasteiger partial charge in [-0.05, 0) is 291 Å². The molecule has 25 rings (SSSR count). The Bertz CT molecular complexity index is 8670. The summed E-state index contributed by atoms with van der Waals surface area (Å²) in [4.78, 5) is 7.10. The Balaban J connectivity index is 0.000000117. The van der Waals surface area contributed by atoms with Crippen LogP contribution in [0.25, 0.3) is 176 Å². The second kappa shape index (κ2) is 38.7. The number of hydrogen-bond donors (Lipinski definition) is 0. The van der Waals surface area contributed by atoms with E-state index in [2.05, 4.69) is 591 Å². The van der Waals surface area contributed by atoms with Crippen molar-refractivity contribution in [2.75, 3.05) is 14.7 Å². The molecule has 0 atom stereocenters. The summed E-state index contributed by atoms with van der Waals surface area (Å²) in [6.45, 7) is 0. The first kappa shape index (κ1) is 84.9. The van der Waals surface area contributed by atoms with Crippen LogP contribution in [0.3, 0.4) is 0 Å². The van der Waals surface area contributed by atoms with Crippen LogP contribution in [0, 0.1) is 0 Å². The number of hydrogen-bond acceptors (Lipinski definition) is 3. The van der Waals surface area contributed by atoms with Gasteiger partial charge in [0, 0.05) is 51.2 Å². The van der Waals surface area contributed by atoms with Gasteiger partial charge in [-0.2, -0.15) is 0 Å². The molecule has 25 aromatic rings. The highest BCUT2D eigenvalue weighted by molar-refractivity contribution is 6.12. The predicted octanol–water partition coefficient (Wildman–Crippen LogP) is 38.5. The molecule has 0 aromatic heterocycles. The van der Waals surface area contributed by atoms with E-state index in [9.17, 15) is 0 Å². The molecular weight excluding hydrogens is 1680 g/mol. The fourth-order valence-electron chi connectivity index (χ4n) is 20.0. The summed E-state index contributed by atoms with van der Waals surface area (Å²) in [5.74, 6) is 0. The number of anilines is 9. The topological polar surface area (TPSA) is 9.72 Å². The molecule has 0 unspecified atom stereocenters. The van der Waals surface area contributed by atoms with Crippen molar-refractivity contribution in [3.05, 3.63) is 576 Å². The Morgan fingerprint density at radius 1 is 0.0863 bits per heavy atom. The molecule has 0 aliphatic carbocycles. The smallest absolute Gasteiger partial charge is 0.0468 e. The van der Waals surface area contributed by atoms with E-state index in [-0.39, 0.29) is 0 Å². The highest BCUT2D eigenvalue weighted by Crippen LogP contribution is 2.47. The van der Waals surface area contributed by atoms with Gasteiger partial charge < -0.3 is 14.7 Å². The summed E-state index contributed by atoms with van der Waals surface area (Å²) < 4.78 is 0. The van der Waals surface area contributed by atoms with Gasteiger partial charge in [0.2, 0.25) is 0 Å². The second-order valence-electron chi connectivity index (χ2n) is 35.4. The van der Waals surface area contributed by atoms with E-state index in [4.69, 9.17) is 0 Å². The van der Waals surface area contributed by atoms with Gasteiger partial charge in [-0.15, -0.1) is 0 Å². The number of fused-ring (bicyclic) bond motifs is 10. The molecule has 0 heterocycles. The zero-order valence-electron chi connectivity index (χ0n) is 76.7. The second-order valence-corrected chi connectivity index (χ2v) is 35.4. The number of benzene rings is 25. The van der Waals surface area contributed by atoms with Crippen LogP contribution in [0.1, 0.15) is 0 Å². The van der Waals surface area contributed by atoms with Gasteiger partial charge in [-0.1, -0.05) is 461 Å². The van der Waals surface area contributed by atoms with Crippen LogP contribution in [-0.4, -0.2) is 0 Å². The molecule has 0 bridgehead atoms. The van der Waals surface area contributed by atoms with Gasteiger partial charge in [0.15, 0.2) is 0 Å². The van der Waals surface area contributed by atoms with Crippen LogP contribution >= 0.6 is 0 Å². The van der Waals surface area contributed by atoms with Crippen LogP contribution in [0.5, 0.6) is 0 Å². The molecule has 0 aliphatic heterocycles. The molecule has 3 heteroatoms. The van der Waals surface area contributed by atoms with Crippen molar-refractivity contribution >= 4 is 127 Å². The normalized spacial score (nSPS) is 11.2. The quantitative estimate of drug-likeness (QED) is 0.0793. The fraction of sp³-hybridized carbons (Fsp3) is 0. The highest BCUT2D eigenvalue weighted by Gasteiger charge is 2.22. The fourth-order valence-corrected chi connectivity index (χ4v) is 20.0. The van der Waals surface area contributed by atoms with E-state index >= 15 is 0 Å². The number of rotatable bonds is 18. The summed E-state index contributed by atoms with van der Waals surface area (Å²) in [6.07, 6.45) is 0. The molecule has 0 amide bonds. The molecular formula is C136H95N3. The van der Waals surface area contributed by atoms with E-state index in [0.29, 0.717) is 0 Å². The molecule has 0 aliphatic rings. The SMILES string of the molecule is c1ccc(-c2ccc(N(c3ccc(-c4cccc(-c5ccccc5)c4)cc3)c3ccc4ccc5ccccc5c4c3)cc2)cc1.c1ccc(-c2ccc(N(c3ccc(-c4ccccc4-c4ccccc4)cc3)c3ccc4ccc5ccccc5c4c3)cc2)cc1.c1ccc(-c2ccccc2-c2ccc(N(c3ccc(-c4cccc5ccccc45)cc3)c3ccc4ccc5ccccc5c4c3)cc2)cc1. The summed E-state index contributed by atoms with van der Waals surface area (Å²) in [5, 5.41) is 17.6. The van der Waals surface area contributed by atoms with Crippen LogP contribution in [-0.2, 0) is 0 Å². The van der Waals surface area contributed by atoms with Gasteiger partial charge in [0.05, 0.1) is 0 Å². The molecule has 0 N–H and O–H groups in total. The van der Waals surface area contributed by atoms with Crippen LogP contribution < -0.4 is 14.7 Å². The summed E-state index contributed by atoms with van der Waals surface area (Å²) >= 11 is 0. The maximum absolute atomic E-state index is 2.38. The van der Waals surface area contributed by atoms with Crippen LogP contribution in [0.4, 0.5) is 51.2 Å². The molecule has 0 saturated heterocycles. The Morgan fingerprint density at radius 3 is 0.568 bits per heavy atom. The minimum Gasteiger partial charge on any atom is -0.310 e. The van der Waals surface area contributed by atoms with Crippen molar-refractivity contribution in [3.8, 4) is 100 Å². The van der Waals surface area contributed by atoms with Crippen molar-refractivity contribution < 1.29 is 0 Å². The monoisotopic (exact) mass is 1770 g/mol. The summed E-state index contributed by atoms with van der Waals surface area (Å²) in [5.41, 5.74) is 32.0. The summed E-state index contributed by atoms with van der Waals surface area (Å²) in [6, 6.07) is 208. The van der Waals surface area contributed by atoms with Gasteiger partial charge in [0.1, 0.15) is 0 Å². The molecule has 3 nitrogen and oxygen atoms in total. The Hall–Kier alpha value is -18.3. The summed E-state index contributed by atoms with van der Waals surface area (Å²) in [7, 11) is 0. The van der Waals surface area contributed by atoms with E-state index < -0.39 is 0 Å². The van der Waals surface area contributed by atoms with Crippen LogP contribution in [0.2, 0.25) is 0 Å². The van der Waals surface area contributed by atoms with E-state index in [0.717, 1.165) is 51.2 Å². The van der Waals surface area contributed by atoms with Gasteiger partial charge in [-0.25, -0.2) is 0 Å². The minimum atomic E-state index is 1.11. The first-order valence-corrected chi connectivity index (χ1v) is 47.7. The first-order valence-electron chi connectivity index (χ1n) is 47.7. The van der Waals surface area contributed by atoms with Crippen molar-refractivity contribution in [2.45, 2.75) is 0 Å². The predicted molar refractivity (Wildman–Crippen MR) is 595 cm³/mol. The molecule has 654 valence electrons. The zero-order valence-corrected chi connectivity index (χ0v) is 76.7. The van der Waals surface area contributed by atoms with Gasteiger partial charge in [0.25, 0.3) is 0 Å². The molecule has 0 spiro atoms. The van der Waals surface area contributed by atoms with Crippen molar-refractivity contribution in [2.24, 2.45) is 0 Å². The lowest BCUT2D eigenvalue weighted by atomic mass is 9.94. The third-order valence-electron chi connectivity index (χ3n) is 27.0. The maximum atomic E-state index is 2.38. The molecule has 25 aromatic carbocycles. The molecule has 139 heavy (non-hydrogen) atoms. The van der Waals surface area contributed by atoms with Gasteiger partial charge in [-0.3, -0.25) is 0 Å². The number of nitrogens with zero attached hydrogens (tertiary/aromatic N) is 3. The van der Waals surface area contributed by atoms with E-state index in [1.165, 1.54) is 176 Å². The molecule has 0 saturated carbocycles. The van der Waals surface area contributed by atoms with Crippen molar-refractivity contribution in [1.29, 1.82) is 0 Å².